The Balaban J connectivity index is 1.75. The number of fused-ring (bicyclic) bond motifs is 1. The van der Waals surface area contributed by atoms with Crippen LogP contribution in [-0.2, 0) is 6.42 Å². The van der Waals surface area contributed by atoms with E-state index in [4.69, 9.17) is 0 Å². The van der Waals surface area contributed by atoms with Crippen molar-refractivity contribution in [2.75, 3.05) is 5.32 Å². The highest BCUT2D eigenvalue weighted by atomic mass is 79.9. The van der Waals surface area contributed by atoms with E-state index in [-0.39, 0.29) is 6.04 Å². The second-order valence-corrected chi connectivity index (χ2v) is 6.11. The van der Waals surface area contributed by atoms with E-state index in [9.17, 15) is 5.11 Å². The first-order valence-corrected chi connectivity index (χ1v) is 7.91. The summed E-state index contributed by atoms with van der Waals surface area (Å²) in [5.74, 6) is 0.700. The molecule has 3 rings (SSSR count). The first-order chi connectivity index (χ1) is 10.6. The van der Waals surface area contributed by atoms with Crippen LogP contribution in [0.3, 0.4) is 0 Å². The third kappa shape index (κ3) is 3.13. The lowest BCUT2D eigenvalue weighted by Crippen LogP contribution is -2.32. The molecule has 0 radical (unpaired) electrons. The Hall–Kier alpha value is -1.92. The molecule has 0 aliphatic rings. The molecule has 1 aromatic carbocycles. The minimum Gasteiger partial charge on any atom is -0.391 e. The van der Waals surface area contributed by atoms with Crippen LogP contribution < -0.4 is 5.32 Å². The Morgan fingerprint density at radius 1 is 1.32 bits per heavy atom. The number of halogens is 1. The van der Waals surface area contributed by atoms with Gasteiger partial charge in [-0.3, -0.25) is 0 Å². The van der Waals surface area contributed by atoms with Gasteiger partial charge in [-0.25, -0.2) is 9.50 Å². The number of rotatable bonds is 5. The summed E-state index contributed by atoms with van der Waals surface area (Å²) in [6.07, 6.45) is 5.29. The number of hydrogen-bond donors (Lipinski definition) is 2. The summed E-state index contributed by atoms with van der Waals surface area (Å²) in [5, 5.41) is 17.9. The van der Waals surface area contributed by atoms with Crippen molar-refractivity contribution in [1.82, 2.24) is 14.6 Å². The normalized spacial score (nSPS) is 14.0. The van der Waals surface area contributed by atoms with E-state index in [1.54, 1.807) is 23.1 Å². The van der Waals surface area contributed by atoms with Gasteiger partial charge in [-0.1, -0.05) is 30.3 Å². The van der Waals surface area contributed by atoms with Gasteiger partial charge in [0.25, 0.3) is 0 Å². The van der Waals surface area contributed by atoms with Crippen molar-refractivity contribution < 1.29 is 5.11 Å². The van der Waals surface area contributed by atoms with Gasteiger partial charge < -0.3 is 10.4 Å². The standard InChI is InChI=1S/C16H17BrN4O/c1-11(14(22)9-12-5-3-2-4-6-12)20-16-15-13(17)10-19-21(15)8-7-18-16/h2-8,10-11,14,22H,9H2,1H3,(H,18,20). The van der Waals surface area contributed by atoms with Crippen LogP contribution in [0.4, 0.5) is 5.82 Å². The molecule has 6 heteroatoms. The predicted octanol–water partition coefficient (Wildman–Crippen LogP) is 2.90. The average Bonchev–Trinajstić information content (AvgIpc) is 2.91. The van der Waals surface area contributed by atoms with Crippen LogP contribution in [0.5, 0.6) is 0 Å². The van der Waals surface area contributed by atoms with Crippen LogP contribution in [0.25, 0.3) is 5.52 Å². The molecule has 0 spiro atoms. The highest BCUT2D eigenvalue weighted by molar-refractivity contribution is 9.10. The molecule has 114 valence electrons. The van der Waals surface area contributed by atoms with Gasteiger partial charge in [0.1, 0.15) is 5.52 Å². The number of hydrogen-bond acceptors (Lipinski definition) is 4. The molecule has 3 aromatic rings. The van der Waals surface area contributed by atoms with E-state index in [1.165, 1.54) is 0 Å². The topological polar surface area (TPSA) is 62.5 Å². The van der Waals surface area contributed by atoms with Gasteiger partial charge in [-0.2, -0.15) is 5.10 Å². The smallest absolute Gasteiger partial charge is 0.153 e. The van der Waals surface area contributed by atoms with Crippen molar-refractivity contribution in [3.63, 3.8) is 0 Å². The van der Waals surface area contributed by atoms with Crippen molar-refractivity contribution >= 4 is 27.3 Å². The van der Waals surface area contributed by atoms with Gasteiger partial charge in [0.2, 0.25) is 0 Å². The van der Waals surface area contributed by atoms with E-state index < -0.39 is 6.10 Å². The Kier molecular flexibility index (Phi) is 4.40. The fraction of sp³-hybridized carbons (Fsp3) is 0.250. The quantitative estimate of drug-likeness (QED) is 0.734. The maximum absolute atomic E-state index is 10.4. The van der Waals surface area contributed by atoms with Crippen molar-refractivity contribution in [3.05, 3.63) is 59.0 Å². The van der Waals surface area contributed by atoms with E-state index in [0.717, 1.165) is 15.6 Å². The summed E-state index contributed by atoms with van der Waals surface area (Å²) in [6.45, 7) is 1.95. The summed E-state index contributed by atoms with van der Waals surface area (Å²) < 4.78 is 2.61. The molecule has 2 atom stereocenters. The predicted molar refractivity (Wildman–Crippen MR) is 89.9 cm³/mol. The molecule has 2 N–H and O–H groups in total. The number of aromatic nitrogens is 3. The second-order valence-electron chi connectivity index (χ2n) is 5.25. The molecule has 2 heterocycles. The van der Waals surface area contributed by atoms with Crippen LogP contribution in [0.1, 0.15) is 12.5 Å². The number of aliphatic hydroxyl groups excluding tert-OH is 1. The van der Waals surface area contributed by atoms with Crippen molar-refractivity contribution in [1.29, 1.82) is 0 Å². The average molecular weight is 361 g/mol. The lowest BCUT2D eigenvalue weighted by atomic mass is 10.0. The molecule has 0 amide bonds. The van der Waals surface area contributed by atoms with Gasteiger partial charge >= 0.3 is 0 Å². The lowest BCUT2D eigenvalue weighted by molar-refractivity contribution is 0.158. The molecule has 0 aliphatic heterocycles. The first-order valence-electron chi connectivity index (χ1n) is 7.11. The zero-order valence-electron chi connectivity index (χ0n) is 12.1. The van der Waals surface area contributed by atoms with Gasteiger partial charge in [0.15, 0.2) is 5.82 Å². The highest BCUT2D eigenvalue weighted by Gasteiger charge is 2.17. The Morgan fingerprint density at radius 3 is 2.86 bits per heavy atom. The van der Waals surface area contributed by atoms with E-state index >= 15 is 0 Å². The minimum absolute atomic E-state index is 0.138. The summed E-state index contributed by atoms with van der Waals surface area (Å²) in [4.78, 5) is 4.36. The van der Waals surface area contributed by atoms with Crippen LogP contribution in [-0.4, -0.2) is 31.9 Å². The number of aliphatic hydroxyl groups is 1. The summed E-state index contributed by atoms with van der Waals surface area (Å²) in [6, 6.07) is 9.82. The maximum atomic E-state index is 10.4. The SMILES string of the molecule is CC(Nc1nccn2ncc(Br)c12)C(O)Cc1ccccc1. The largest absolute Gasteiger partial charge is 0.391 e. The monoisotopic (exact) mass is 360 g/mol. The Bertz CT molecular complexity index is 759. The van der Waals surface area contributed by atoms with Gasteiger partial charge in [0, 0.05) is 18.8 Å². The first kappa shape index (κ1) is 15.0. The van der Waals surface area contributed by atoms with Gasteiger partial charge in [-0.15, -0.1) is 0 Å². The van der Waals surface area contributed by atoms with Crippen molar-refractivity contribution in [2.45, 2.75) is 25.5 Å². The molecule has 0 aliphatic carbocycles. The summed E-state index contributed by atoms with van der Waals surface area (Å²) in [7, 11) is 0. The van der Waals surface area contributed by atoms with E-state index in [1.807, 2.05) is 37.3 Å². The lowest BCUT2D eigenvalue weighted by Gasteiger charge is -2.21. The number of nitrogens with one attached hydrogen (secondary N) is 1. The van der Waals surface area contributed by atoms with Gasteiger partial charge in [-0.05, 0) is 28.4 Å². The molecule has 2 unspecified atom stereocenters. The highest BCUT2D eigenvalue weighted by Crippen LogP contribution is 2.24. The van der Waals surface area contributed by atoms with Crippen LogP contribution >= 0.6 is 15.9 Å². The summed E-state index contributed by atoms with van der Waals surface area (Å²) >= 11 is 3.47. The Labute approximate surface area is 137 Å². The molecule has 0 bridgehead atoms. The molecule has 22 heavy (non-hydrogen) atoms. The fourth-order valence-corrected chi connectivity index (χ4v) is 2.82. The fourth-order valence-electron chi connectivity index (χ4n) is 2.36. The van der Waals surface area contributed by atoms with Crippen LogP contribution in [0.2, 0.25) is 0 Å². The molecule has 0 fully saturated rings. The van der Waals surface area contributed by atoms with Crippen LogP contribution in [0, 0.1) is 0 Å². The molecule has 0 saturated carbocycles. The third-order valence-corrected chi connectivity index (χ3v) is 4.20. The molecular weight excluding hydrogens is 344 g/mol. The van der Waals surface area contributed by atoms with E-state index in [2.05, 4.69) is 31.3 Å². The van der Waals surface area contributed by atoms with Crippen molar-refractivity contribution in [2.24, 2.45) is 0 Å². The molecule has 5 nitrogen and oxygen atoms in total. The van der Waals surface area contributed by atoms with Crippen molar-refractivity contribution in [3.8, 4) is 0 Å². The number of benzene rings is 1. The summed E-state index contributed by atoms with van der Waals surface area (Å²) in [5.41, 5.74) is 1.97. The number of nitrogens with zero attached hydrogens (tertiary/aromatic N) is 3. The third-order valence-electron chi connectivity index (χ3n) is 3.62. The molecule has 0 saturated heterocycles. The second kappa shape index (κ2) is 6.46. The zero-order chi connectivity index (χ0) is 15.5. The zero-order valence-corrected chi connectivity index (χ0v) is 13.7. The van der Waals surface area contributed by atoms with Gasteiger partial charge in [0.05, 0.1) is 22.8 Å². The molecule has 2 aromatic heterocycles. The number of anilines is 1. The Morgan fingerprint density at radius 2 is 2.09 bits per heavy atom. The molecular formula is C16H17BrN4O. The maximum Gasteiger partial charge on any atom is 0.153 e. The van der Waals surface area contributed by atoms with E-state index in [0.29, 0.717) is 12.2 Å². The van der Waals surface area contributed by atoms with Crippen LogP contribution in [0.15, 0.2) is 53.4 Å². The minimum atomic E-state index is -0.508.